The average molecular weight is 196 g/mol. The topological polar surface area (TPSA) is 26.3 Å². The number of hydrogen-bond acceptors (Lipinski definition) is 2. The van der Waals surface area contributed by atoms with E-state index in [0.717, 1.165) is 18.8 Å². The second kappa shape index (κ2) is 8.62. The number of ether oxygens (including phenoxy) is 1. The molecule has 0 rings (SSSR count). The summed E-state index contributed by atoms with van der Waals surface area (Å²) >= 11 is 0. The lowest BCUT2D eigenvalue weighted by Gasteiger charge is -2.00. The summed E-state index contributed by atoms with van der Waals surface area (Å²) in [7, 11) is 0. The highest BCUT2D eigenvalue weighted by molar-refractivity contribution is 5.66. The fourth-order valence-corrected chi connectivity index (χ4v) is 1.04. The predicted octanol–water partition coefficient (Wildman–Crippen LogP) is 2.77. The van der Waals surface area contributed by atoms with Crippen LogP contribution in [0.1, 0.15) is 46.5 Å². The first-order valence-electron chi connectivity index (χ1n) is 5.22. The van der Waals surface area contributed by atoms with Gasteiger partial charge in [0.05, 0.1) is 0 Å². The van der Waals surface area contributed by atoms with E-state index in [-0.39, 0.29) is 12.6 Å². The molecule has 0 saturated carbocycles. The minimum absolute atomic E-state index is 0.236. The van der Waals surface area contributed by atoms with Crippen LogP contribution in [0.5, 0.6) is 0 Å². The molecule has 2 heteroatoms. The van der Waals surface area contributed by atoms with E-state index >= 15 is 0 Å². The predicted molar refractivity (Wildman–Crippen MR) is 57.7 cm³/mol. The molecule has 0 aliphatic rings. The maximum absolute atomic E-state index is 10.4. The first kappa shape index (κ1) is 13.0. The highest BCUT2D eigenvalue weighted by Gasteiger charge is 1.92. The molecule has 80 valence electrons. The molecule has 0 heterocycles. The normalized spacial score (nSPS) is 9.43. The van der Waals surface area contributed by atoms with Crippen molar-refractivity contribution in [3.8, 4) is 11.8 Å². The molecule has 0 fully saturated rings. The van der Waals surface area contributed by atoms with Gasteiger partial charge in [-0.2, -0.15) is 0 Å². The van der Waals surface area contributed by atoms with Crippen molar-refractivity contribution >= 4 is 5.97 Å². The van der Waals surface area contributed by atoms with E-state index in [1.165, 1.54) is 19.8 Å². The number of hydrogen-bond donors (Lipinski definition) is 0. The molecule has 0 aliphatic heterocycles. The number of rotatable bonds is 5. The Kier molecular flexibility index (Phi) is 8.02. The zero-order chi connectivity index (χ0) is 10.8. The van der Waals surface area contributed by atoms with Crippen LogP contribution >= 0.6 is 0 Å². The molecule has 0 unspecified atom stereocenters. The van der Waals surface area contributed by atoms with Crippen LogP contribution in [0.15, 0.2) is 0 Å². The molecule has 0 aromatic carbocycles. The fourth-order valence-electron chi connectivity index (χ4n) is 1.04. The van der Waals surface area contributed by atoms with Gasteiger partial charge in [0.25, 0.3) is 0 Å². The van der Waals surface area contributed by atoms with Crippen LogP contribution in [-0.4, -0.2) is 12.6 Å². The van der Waals surface area contributed by atoms with Crippen molar-refractivity contribution in [3.05, 3.63) is 0 Å². The van der Waals surface area contributed by atoms with Gasteiger partial charge in [0, 0.05) is 13.3 Å². The molecule has 14 heavy (non-hydrogen) atoms. The lowest BCUT2D eigenvalue weighted by molar-refractivity contribution is -0.139. The van der Waals surface area contributed by atoms with E-state index in [0.29, 0.717) is 0 Å². The summed E-state index contributed by atoms with van der Waals surface area (Å²) in [6.45, 7) is 6.09. The SMILES string of the molecule is CC(=O)OCC#CCCCCC(C)C. The number of unbranched alkanes of at least 4 members (excludes halogenated alkanes) is 2. The Morgan fingerprint density at radius 1 is 1.29 bits per heavy atom. The van der Waals surface area contributed by atoms with E-state index in [4.69, 9.17) is 0 Å². The van der Waals surface area contributed by atoms with Crippen LogP contribution in [0, 0.1) is 17.8 Å². The zero-order valence-electron chi connectivity index (χ0n) is 9.43. The molecule has 0 atom stereocenters. The van der Waals surface area contributed by atoms with Crippen LogP contribution in [0.4, 0.5) is 0 Å². The van der Waals surface area contributed by atoms with Crippen molar-refractivity contribution < 1.29 is 9.53 Å². The number of carbonyl (C=O) groups is 1. The van der Waals surface area contributed by atoms with Crippen molar-refractivity contribution in [2.24, 2.45) is 5.92 Å². The van der Waals surface area contributed by atoms with Crippen molar-refractivity contribution in [1.29, 1.82) is 0 Å². The average Bonchev–Trinajstić information content (AvgIpc) is 2.08. The summed E-state index contributed by atoms with van der Waals surface area (Å²) in [4.78, 5) is 10.4. The molecule has 2 nitrogen and oxygen atoms in total. The minimum atomic E-state index is -0.265. The van der Waals surface area contributed by atoms with Gasteiger partial charge in [-0.15, -0.1) is 0 Å². The van der Waals surface area contributed by atoms with Gasteiger partial charge >= 0.3 is 5.97 Å². The first-order valence-corrected chi connectivity index (χ1v) is 5.22. The monoisotopic (exact) mass is 196 g/mol. The molecule has 0 saturated heterocycles. The van der Waals surface area contributed by atoms with Gasteiger partial charge in [-0.25, -0.2) is 0 Å². The molecule has 0 spiro atoms. The van der Waals surface area contributed by atoms with E-state index < -0.39 is 0 Å². The van der Waals surface area contributed by atoms with Crippen LogP contribution in [0.3, 0.4) is 0 Å². The van der Waals surface area contributed by atoms with Crippen LogP contribution in [-0.2, 0) is 9.53 Å². The fraction of sp³-hybridized carbons (Fsp3) is 0.750. The molecule has 0 N–H and O–H groups in total. The van der Waals surface area contributed by atoms with E-state index in [9.17, 15) is 4.79 Å². The van der Waals surface area contributed by atoms with Crippen molar-refractivity contribution in [2.75, 3.05) is 6.61 Å². The van der Waals surface area contributed by atoms with Gasteiger partial charge < -0.3 is 4.74 Å². The van der Waals surface area contributed by atoms with Crippen molar-refractivity contribution in [1.82, 2.24) is 0 Å². The van der Waals surface area contributed by atoms with Gasteiger partial charge in [-0.1, -0.05) is 38.5 Å². The Labute approximate surface area is 87.0 Å². The standard InChI is InChI=1S/C12H20O2/c1-11(2)9-7-5-4-6-8-10-14-12(3)13/h11H,4-5,7,9-10H2,1-3H3. The lowest BCUT2D eigenvalue weighted by atomic mass is 10.1. The molecule has 0 bridgehead atoms. The maximum Gasteiger partial charge on any atom is 0.303 e. The molecule has 0 radical (unpaired) electrons. The smallest absolute Gasteiger partial charge is 0.303 e. The Hall–Kier alpha value is -0.970. The van der Waals surface area contributed by atoms with E-state index in [1.54, 1.807) is 0 Å². The molecule has 0 aromatic rings. The minimum Gasteiger partial charge on any atom is -0.453 e. The highest BCUT2D eigenvalue weighted by atomic mass is 16.5. The Morgan fingerprint density at radius 3 is 2.57 bits per heavy atom. The lowest BCUT2D eigenvalue weighted by Crippen LogP contribution is -1.97. The summed E-state index contributed by atoms with van der Waals surface area (Å²) in [6, 6.07) is 0. The van der Waals surface area contributed by atoms with Crippen molar-refractivity contribution in [3.63, 3.8) is 0 Å². The number of esters is 1. The number of carbonyl (C=O) groups excluding carboxylic acids is 1. The molecule has 0 amide bonds. The van der Waals surface area contributed by atoms with Crippen LogP contribution < -0.4 is 0 Å². The Bertz CT molecular complexity index is 208. The maximum atomic E-state index is 10.4. The van der Waals surface area contributed by atoms with Crippen LogP contribution in [0.2, 0.25) is 0 Å². The molecular formula is C12H20O2. The second-order valence-electron chi connectivity index (χ2n) is 3.77. The summed E-state index contributed by atoms with van der Waals surface area (Å²) in [5, 5.41) is 0. The summed E-state index contributed by atoms with van der Waals surface area (Å²) < 4.78 is 4.67. The third kappa shape index (κ3) is 11.0. The van der Waals surface area contributed by atoms with Gasteiger partial charge in [0.1, 0.15) is 0 Å². The van der Waals surface area contributed by atoms with E-state index in [1.807, 2.05) is 0 Å². The molecular weight excluding hydrogens is 176 g/mol. The Balaban J connectivity index is 3.22. The van der Waals surface area contributed by atoms with E-state index in [2.05, 4.69) is 30.4 Å². The zero-order valence-corrected chi connectivity index (χ0v) is 9.43. The van der Waals surface area contributed by atoms with Gasteiger partial charge in [0.2, 0.25) is 0 Å². The molecule has 0 aromatic heterocycles. The van der Waals surface area contributed by atoms with Gasteiger partial charge in [-0.3, -0.25) is 4.79 Å². The van der Waals surface area contributed by atoms with Crippen LogP contribution in [0.25, 0.3) is 0 Å². The summed E-state index contributed by atoms with van der Waals surface area (Å²) in [6.07, 6.45) is 4.56. The highest BCUT2D eigenvalue weighted by Crippen LogP contribution is 2.07. The third-order valence-corrected chi connectivity index (χ3v) is 1.81. The first-order chi connectivity index (χ1) is 6.63. The largest absolute Gasteiger partial charge is 0.453 e. The van der Waals surface area contributed by atoms with Crippen molar-refractivity contribution in [2.45, 2.75) is 46.5 Å². The third-order valence-electron chi connectivity index (χ3n) is 1.81. The van der Waals surface area contributed by atoms with Gasteiger partial charge in [-0.05, 0) is 12.3 Å². The quantitative estimate of drug-likeness (QED) is 0.384. The van der Waals surface area contributed by atoms with Gasteiger partial charge in [0.15, 0.2) is 6.61 Å². The molecule has 0 aliphatic carbocycles. The Morgan fingerprint density at radius 2 is 2.00 bits per heavy atom. The summed E-state index contributed by atoms with van der Waals surface area (Å²) in [5.41, 5.74) is 0. The summed E-state index contributed by atoms with van der Waals surface area (Å²) in [5.74, 6) is 6.32. The second-order valence-corrected chi connectivity index (χ2v) is 3.77.